The number of H-pyrrole nitrogens is 1. The van der Waals surface area contributed by atoms with E-state index in [-0.39, 0.29) is 11.7 Å². The van der Waals surface area contributed by atoms with Gasteiger partial charge < -0.3 is 14.5 Å². The summed E-state index contributed by atoms with van der Waals surface area (Å²) in [5.74, 6) is 0.477. The predicted molar refractivity (Wildman–Crippen MR) is 99.1 cm³/mol. The number of benzene rings is 1. The van der Waals surface area contributed by atoms with E-state index in [1.165, 1.54) is 0 Å². The number of carbonyl (C=O) groups excluding carboxylic acids is 2. The Morgan fingerprint density at radius 2 is 1.96 bits per heavy atom. The van der Waals surface area contributed by atoms with Crippen molar-refractivity contribution in [2.45, 2.75) is 52.1 Å². The fourth-order valence-electron chi connectivity index (χ4n) is 3.50. The van der Waals surface area contributed by atoms with Gasteiger partial charge in [-0.1, -0.05) is 12.1 Å². The number of hydrogen-bond acceptors (Lipinski definition) is 4. The first-order valence-electron chi connectivity index (χ1n) is 8.81. The third-order valence-corrected chi connectivity index (χ3v) is 4.66. The summed E-state index contributed by atoms with van der Waals surface area (Å²) in [6.07, 6.45) is 1.10. The summed E-state index contributed by atoms with van der Waals surface area (Å²) in [5, 5.41) is 0. The van der Waals surface area contributed by atoms with Gasteiger partial charge in [-0.25, -0.2) is 4.79 Å². The van der Waals surface area contributed by atoms with Crippen LogP contribution in [0, 0.1) is 6.92 Å². The van der Waals surface area contributed by atoms with Gasteiger partial charge in [-0.2, -0.15) is 0 Å². The van der Waals surface area contributed by atoms with Crippen molar-refractivity contribution in [1.82, 2.24) is 4.98 Å². The van der Waals surface area contributed by atoms with Gasteiger partial charge in [-0.15, -0.1) is 0 Å². The number of ketones is 1. The van der Waals surface area contributed by atoms with Crippen LogP contribution in [0.25, 0.3) is 0 Å². The predicted octanol–water partition coefficient (Wildman–Crippen LogP) is 4.20. The van der Waals surface area contributed by atoms with Crippen LogP contribution >= 0.6 is 0 Å². The van der Waals surface area contributed by atoms with Gasteiger partial charge in [-0.05, 0) is 63.3 Å². The van der Waals surface area contributed by atoms with Crippen molar-refractivity contribution >= 4 is 11.8 Å². The molecule has 1 aromatic carbocycles. The van der Waals surface area contributed by atoms with E-state index in [2.05, 4.69) is 4.98 Å². The van der Waals surface area contributed by atoms with Crippen molar-refractivity contribution in [3.05, 3.63) is 52.3 Å². The highest BCUT2D eigenvalue weighted by atomic mass is 16.6. The van der Waals surface area contributed by atoms with Crippen LogP contribution < -0.4 is 4.74 Å². The molecule has 0 unspecified atom stereocenters. The van der Waals surface area contributed by atoms with Crippen LogP contribution in [0.1, 0.15) is 70.8 Å². The molecule has 0 bridgehead atoms. The van der Waals surface area contributed by atoms with E-state index in [9.17, 15) is 9.59 Å². The smallest absolute Gasteiger partial charge is 0.355 e. The van der Waals surface area contributed by atoms with Crippen LogP contribution in [0.15, 0.2) is 24.3 Å². The molecule has 0 amide bonds. The quantitative estimate of drug-likeness (QED) is 0.838. The summed E-state index contributed by atoms with van der Waals surface area (Å²) in [5.41, 5.74) is 3.00. The van der Waals surface area contributed by atoms with E-state index in [4.69, 9.17) is 9.47 Å². The lowest BCUT2D eigenvalue weighted by Gasteiger charge is -2.22. The number of esters is 1. The van der Waals surface area contributed by atoms with Crippen LogP contribution in [0.4, 0.5) is 0 Å². The zero-order valence-corrected chi connectivity index (χ0v) is 15.9. The van der Waals surface area contributed by atoms with Crippen molar-refractivity contribution in [2.24, 2.45) is 0 Å². The van der Waals surface area contributed by atoms with Crippen LogP contribution in [-0.2, 0) is 11.2 Å². The maximum Gasteiger partial charge on any atom is 0.355 e. The van der Waals surface area contributed by atoms with Gasteiger partial charge in [0.2, 0.25) is 0 Å². The highest BCUT2D eigenvalue weighted by Gasteiger charge is 2.33. The Kier molecular flexibility index (Phi) is 4.65. The molecule has 1 N–H and O–H groups in total. The Bertz CT molecular complexity index is 857. The largest absolute Gasteiger partial charge is 0.497 e. The molecule has 5 heteroatoms. The molecule has 1 aliphatic rings. The van der Waals surface area contributed by atoms with Gasteiger partial charge in [0, 0.05) is 17.7 Å². The number of methoxy groups -OCH3 is 1. The Morgan fingerprint density at radius 1 is 1.23 bits per heavy atom. The number of aromatic nitrogens is 1. The summed E-state index contributed by atoms with van der Waals surface area (Å²) in [7, 11) is 1.63. The zero-order chi connectivity index (χ0) is 19.1. The minimum atomic E-state index is -0.581. The molecule has 1 heterocycles. The van der Waals surface area contributed by atoms with Gasteiger partial charge in [0.15, 0.2) is 5.78 Å². The molecule has 5 nitrogen and oxygen atoms in total. The molecule has 1 aliphatic carbocycles. The van der Waals surface area contributed by atoms with Crippen molar-refractivity contribution in [1.29, 1.82) is 0 Å². The molecule has 0 aliphatic heterocycles. The number of aromatic amines is 1. The van der Waals surface area contributed by atoms with E-state index in [0.717, 1.165) is 17.0 Å². The average molecular weight is 355 g/mol. The SMILES string of the molecule is COc1cccc([C@@H]2CC(=O)c3c([nH]c(C(=O)OC(C)(C)C)c3C)C2)c1. The summed E-state index contributed by atoms with van der Waals surface area (Å²) in [6, 6.07) is 7.79. The lowest BCUT2D eigenvalue weighted by molar-refractivity contribution is 0.00625. The van der Waals surface area contributed by atoms with Crippen LogP contribution in [-0.4, -0.2) is 29.4 Å². The molecule has 1 aromatic heterocycles. The molecule has 2 aromatic rings. The molecule has 3 rings (SSSR count). The second-order valence-corrected chi connectivity index (χ2v) is 7.79. The molecule has 138 valence electrons. The second kappa shape index (κ2) is 6.63. The molecule has 26 heavy (non-hydrogen) atoms. The normalized spacial score (nSPS) is 17.0. The number of carbonyl (C=O) groups is 2. The topological polar surface area (TPSA) is 68.4 Å². The summed E-state index contributed by atoms with van der Waals surface area (Å²) in [6.45, 7) is 7.28. The Labute approximate surface area is 153 Å². The van der Waals surface area contributed by atoms with Crippen molar-refractivity contribution in [3.63, 3.8) is 0 Å². The molecule has 0 radical (unpaired) electrons. The number of rotatable bonds is 3. The molecule has 1 atom stereocenters. The highest BCUT2D eigenvalue weighted by Crippen LogP contribution is 2.36. The lowest BCUT2D eigenvalue weighted by Crippen LogP contribution is -2.24. The second-order valence-electron chi connectivity index (χ2n) is 7.79. The first-order chi connectivity index (χ1) is 12.2. The molecule has 0 fully saturated rings. The number of ether oxygens (including phenoxy) is 2. The standard InChI is InChI=1S/C21H25NO4/c1-12-18-16(22-19(12)20(24)26-21(2,3)4)10-14(11-17(18)23)13-7-6-8-15(9-13)25-5/h6-9,14,22H,10-11H2,1-5H3/t14-/m0/s1. The third-order valence-electron chi connectivity index (χ3n) is 4.66. The summed E-state index contributed by atoms with van der Waals surface area (Å²) in [4.78, 5) is 28.4. The van der Waals surface area contributed by atoms with E-state index in [1.54, 1.807) is 14.0 Å². The number of Topliss-reactive ketones (excluding diaryl/α,β-unsaturated/α-hetero) is 1. The van der Waals surface area contributed by atoms with Gasteiger partial charge in [0.05, 0.1) is 7.11 Å². The third kappa shape index (κ3) is 3.52. The molecular formula is C21H25NO4. The van der Waals surface area contributed by atoms with Crippen molar-refractivity contribution in [2.75, 3.05) is 7.11 Å². The first kappa shape index (κ1) is 18.2. The van der Waals surface area contributed by atoms with Gasteiger partial charge in [0.25, 0.3) is 0 Å². The zero-order valence-electron chi connectivity index (χ0n) is 15.9. The number of hydrogen-bond donors (Lipinski definition) is 1. The fourth-order valence-corrected chi connectivity index (χ4v) is 3.50. The Balaban J connectivity index is 1.92. The Hall–Kier alpha value is -2.56. The first-order valence-corrected chi connectivity index (χ1v) is 8.81. The fraction of sp³-hybridized carbons (Fsp3) is 0.429. The molecule has 0 spiro atoms. The minimum Gasteiger partial charge on any atom is -0.497 e. The highest BCUT2D eigenvalue weighted by molar-refractivity contribution is 6.03. The number of fused-ring (bicyclic) bond motifs is 1. The maximum atomic E-state index is 12.8. The summed E-state index contributed by atoms with van der Waals surface area (Å²) < 4.78 is 10.8. The monoisotopic (exact) mass is 355 g/mol. The van der Waals surface area contributed by atoms with Crippen LogP contribution in [0.5, 0.6) is 5.75 Å². The van der Waals surface area contributed by atoms with Crippen molar-refractivity contribution in [3.8, 4) is 5.75 Å². The Morgan fingerprint density at radius 3 is 2.62 bits per heavy atom. The van der Waals surface area contributed by atoms with E-state index >= 15 is 0 Å². The van der Waals surface area contributed by atoms with E-state index in [0.29, 0.717) is 29.7 Å². The summed E-state index contributed by atoms with van der Waals surface area (Å²) >= 11 is 0. The van der Waals surface area contributed by atoms with Crippen molar-refractivity contribution < 1.29 is 19.1 Å². The van der Waals surface area contributed by atoms with Crippen LogP contribution in [0.2, 0.25) is 0 Å². The van der Waals surface area contributed by atoms with E-state index < -0.39 is 11.6 Å². The lowest BCUT2D eigenvalue weighted by atomic mass is 9.81. The van der Waals surface area contributed by atoms with Gasteiger partial charge in [-0.3, -0.25) is 4.79 Å². The average Bonchev–Trinajstić information content (AvgIpc) is 2.91. The number of nitrogens with one attached hydrogen (secondary N) is 1. The molecule has 0 saturated carbocycles. The van der Waals surface area contributed by atoms with Gasteiger partial charge >= 0.3 is 5.97 Å². The molecular weight excluding hydrogens is 330 g/mol. The molecule has 0 saturated heterocycles. The van der Waals surface area contributed by atoms with Gasteiger partial charge in [0.1, 0.15) is 17.0 Å². The van der Waals surface area contributed by atoms with Crippen LogP contribution in [0.3, 0.4) is 0 Å². The van der Waals surface area contributed by atoms with E-state index in [1.807, 2.05) is 45.0 Å². The minimum absolute atomic E-state index is 0.0580. The maximum absolute atomic E-state index is 12.8.